The van der Waals surface area contributed by atoms with Gasteiger partial charge in [0.05, 0.1) is 0 Å². The number of hydrogen-bond acceptors (Lipinski definition) is 2. The molecule has 0 heterocycles. The number of nitrogens with one attached hydrogen (secondary N) is 3. The second-order valence-electron chi connectivity index (χ2n) is 5.79. The molecule has 1 aliphatic rings. The van der Waals surface area contributed by atoms with Crippen LogP contribution in [0.3, 0.4) is 0 Å². The Hall–Kier alpha value is -2.04. The lowest BCUT2D eigenvalue weighted by atomic mass is 10.1. The highest BCUT2D eigenvalue weighted by Crippen LogP contribution is 2.18. The lowest BCUT2D eigenvalue weighted by molar-refractivity contribution is 0.0938. The largest absolute Gasteiger partial charge is 0.349 e. The monoisotopic (exact) mass is 289 g/mol. The average Bonchev–Trinajstić information content (AvgIpc) is 2.91. The Kier molecular flexibility index (Phi) is 5.20. The van der Waals surface area contributed by atoms with Gasteiger partial charge in [-0.1, -0.05) is 12.8 Å². The molecule has 0 bridgehead atoms. The number of carbonyl (C=O) groups is 2. The molecule has 21 heavy (non-hydrogen) atoms. The molecule has 2 rings (SSSR count). The second kappa shape index (κ2) is 7.11. The summed E-state index contributed by atoms with van der Waals surface area (Å²) in [5, 5.41) is 8.52. The van der Waals surface area contributed by atoms with Gasteiger partial charge in [-0.3, -0.25) is 4.79 Å². The molecule has 3 amide bonds. The maximum atomic E-state index is 12.1. The van der Waals surface area contributed by atoms with Gasteiger partial charge in [-0.05, 0) is 51.0 Å². The van der Waals surface area contributed by atoms with Crippen LogP contribution in [0.1, 0.15) is 49.9 Å². The molecular weight excluding hydrogens is 266 g/mol. The molecule has 114 valence electrons. The number of rotatable bonds is 4. The zero-order chi connectivity index (χ0) is 15.2. The van der Waals surface area contributed by atoms with Gasteiger partial charge in [0.2, 0.25) is 0 Å². The zero-order valence-electron chi connectivity index (χ0n) is 12.6. The molecule has 0 radical (unpaired) electrons. The van der Waals surface area contributed by atoms with Crippen molar-refractivity contribution in [3.8, 4) is 0 Å². The van der Waals surface area contributed by atoms with Crippen molar-refractivity contribution < 1.29 is 9.59 Å². The number of amides is 3. The Labute approximate surface area is 125 Å². The summed E-state index contributed by atoms with van der Waals surface area (Å²) < 4.78 is 0. The molecule has 0 spiro atoms. The molecular formula is C16H23N3O2. The normalized spacial score (nSPS) is 15.0. The predicted octanol–water partition coefficient (Wildman–Crippen LogP) is 2.89. The summed E-state index contributed by atoms with van der Waals surface area (Å²) in [4.78, 5) is 23.6. The van der Waals surface area contributed by atoms with Crippen molar-refractivity contribution in [2.24, 2.45) is 0 Å². The number of urea groups is 1. The van der Waals surface area contributed by atoms with Crippen LogP contribution in [0, 0.1) is 0 Å². The van der Waals surface area contributed by atoms with E-state index in [0.29, 0.717) is 17.3 Å². The first-order valence-corrected chi connectivity index (χ1v) is 7.53. The molecule has 3 N–H and O–H groups in total. The lowest BCUT2D eigenvalue weighted by Gasteiger charge is -2.13. The first-order valence-electron chi connectivity index (χ1n) is 7.53. The van der Waals surface area contributed by atoms with Crippen LogP contribution in [0.4, 0.5) is 10.5 Å². The van der Waals surface area contributed by atoms with Crippen LogP contribution in [0.15, 0.2) is 24.3 Å². The van der Waals surface area contributed by atoms with E-state index in [1.54, 1.807) is 24.3 Å². The molecule has 0 aliphatic heterocycles. The summed E-state index contributed by atoms with van der Waals surface area (Å²) >= 11 is 0. The van der Waals surface area contributed by atoms with Gasteiger partial charge in [-0.25, -0.2) is 4.79 Å². The van der Waals surface area contributed by atoms with Crippen LogP contribution in [0.5, 0.6) is 0 Å². The maximum absolute atomic E-state index is 12.1. The summed E-state index contributed by atoms with van der Waals surface area (Å²) in [5.74, 6) is -0.0416. The van der Waals surface area contributed by atoms with E-state index >= 15 is 0 Å². The third-order valence-corrected chi connectivity index (χ3v) is 3.52. The standard InChI is InChI=1S/C16H23N3O2/c1-11(2)17-16(21)19-14-9-7-12(8-10-14)15(20)18-13-5-3-4-6-13/h7-11,13H,3-6H2,1-2H3,(H,18,20)(H2,17,19,21). The van der Waals surface area contributed by atoms with Crippen molar-refractivity contribution >= 4 is 17.6 Å². The van der Waals surface area contributed by atoms with Gasteiger partial charge >= 0.3 is 6.03 Å². The second-order valence-corrected chi connectivity index (χ2v) is 5.79. The number of carbonyl (C=O) groups excluding carboxylic acids is 2. The van der Waals surface area contributed by atoms with E-state index in [1.165, 1.54) is 12.8 Å². The van der Waals surface area contributed by atoms with E-state index in [9.17, 15) is 9.59 Å². The van der Waals surface area contributed by atoms with Crippen LogP contribution in [-0.4, -0.2) is 24.0 Å². The number of hydrogen-bond donors (Lipinski definition) is 3. The van der Waals surface area contributed by atoms with Crippen LogP contribution in [-0.2, 0) is 0 Å². The van der Waals surface area contributed by atoms with E-state index in [0.717, 1.165) is 12.8 Å². The summed E-state index contributed by atoms with van der Waals surface area (Å²) in [6.07, 6.45) is 4.53. The molecule has 1 aromatic rings. The Balaban J connectivity index is 1.88. The van der Waals surface area contributed by atoms with Crippen molar-refractivity contribution in [2.45, 2.75) is 51.6 Å². The predicted molar refractivity (Wildman–Crippen MR) is 83.5 cm³/mol. The summed E-state index contributed by atoms with van der Waals surface area (Å²) in [6.45, 7) is 3.80. The van der Waals surface area contributed by atoms with Crippen LogP contribution in [0.25, 0.3) is 0 Å². The summed E-state index contributed by atoms with van der Waals surface area (Å²) in [7, 11) is 0. The SMILES string of the molecule is CC(C)NC(=O)Nc1ccc(C(=O)NC2CCCC2)cc1. The highest BCUT2D eigenvalue weighted by atomic mass is 16.2. The molecule has 1 fully saturated rings. The van der Waals surface area contributed by atoms with E-state index in [4.69, 9.17) is 0 Å². The fraction of sp³-hybridized carbons (Fsp3) is 0.500. The van der Waals surface area contributed by atoms with Gasteiger partial charge in [0.1, 0.15) is 0 Å². The first-order chi connectivity index (χ1) is 10.0. The minimum Gasteiger partial charge on any atom is -0.349 e. The molecule has 1 aromatic carbocycles. The van der Waals surface area contributed by atoms with Gasteiger partial charge in [-0.15, -0.1) is 0 Å². The van der Waals surface area contributed by atoms with Crippen LogP contribution >= 0.6 is 0 Å². The average molecular weight is 289 g/mol. The number of anilines is 1. The third kappa shape index (κ3) is 4.77. The van der Waals surface area contributed by atoms with Gasteiger partial charge < -0.3 is 16.0 Å². The Morgan fingerprint density at radius 2 is 1.71 bits per heavy atom. The zero-order valence-corrected chi connectivity index (χ0v) is 12.6. The molecule has 5 nitrogen and oxygen atoms in total. The van der Waals surface area contributed by atoms with Crippen molar-refractivity contribution in [1.82, 2.24) is 10.6 Å². The summed E-state index contributed by atoms with van der Waals surface area (Å²) in [6, 6.07) is 7.10. The first kappa shape index (κ1) is 15.4. The highest BCUT2D eigenvalue weighted by molar-refractivity contribution is 5.95. The number of benzene rings is 1. The van der Waals surface area contributed by atoms with Crippen LogP contribution in [0.2, 0.25) is 0 Å². The molecule has 0 atom stereocenters. The quantitative estimate of drug-likeness (QED) is 0.797. The van der Waals surface area contributed by atoms with Crippen molar-refractivity contribution in [1.29, 1.82) is 0 Å². The van der Waals surface area contributed by atoms with Gasteiger partial charge in [0, 0.05) is 23.3 Å². The van der Waals surface area contributed by atoms with Gasteiger partial charge in [-0.2, -0.15) is 0 Å². The topological polar surface area (TPSA) is 70.2 Å². The van der Waals surface area contributed by atoms with Crippen molar-refractivity contribution in [3.05, 3.63) is 29.8 Å². The van der Waals surface area contributed by atoms with E-state index in [2.05, 4.69) is 16.0 Å². The van der Waals surface area contributed by atoms with E-state index in [1.807, 2.05) is 13.8 Å². The smallest absolute Gasteiger partial charge is 0.319 e. The lowest BCUT2D eigenvalue weighted by Crippen LogP contribution is -2.34. The highest BCUT2D eigenvalue weighted by Gasteiger charge is 2.17. The van der Waals surface area contributed by atoms with E-state index in [-0.39, 0.29) is 18.0 Å². The molecule has 0 saturated heterocycles. The fourth-order valence-corrected chi connectivity index (χ4v) is 2.47. The Bertz CT molecular complexity index is 491. The van der Waals surface area contributed by atoms with Gasteiger partial charge in [0.15, 0.2) is 0 Å². The minimum absolute atomic E-state index is 0.0416. The molecule has 0 aromatic heterocycles. The molecule has 5 heteroatoms. The Morgan fingerprint density at radius 1 is 1.10 bits per heavy atom. The fourth-order valence-electron chi connectivity index (χ4n) is 2.47. The van der Waals surface area contributed by atoms with Crippen molar-refractivity contribution in [3.63, 3.8) is 0 Å². The van der Waals surface area contributed by atoms with E-state index < -0.39 is 0 Å². The Morgan fingerprint density at radius 3 is 2.29 bits per heavy atom. The maximum Gasteiger partial charge on any atom is 0.319 e. The summed E-state index contributed by atoms with van der Waals surface area (Å²) in [5.41, 5.74) is 1.29. The third-order valence-electron chi connectivity index (χ3n) is 3.52. The molecule has 0 unspecified atom stereocenters. The minimum atomic E-state index is -0.242. The van der Waals surface area contributed by atoms with Gasteiger partial charge in [0.25, 0.3) is 5.91 Å². The molecule has 1 aliphatic carbocycles. The van der Waals surface area contributed by atoms with Crippen LogP contribution < -0.4 is 16.0 Å². The molecule has 1 saturated carbocycles. The van der Waals surface area contributed by atoms with Crippen molar-refractivity contribution in [2.75, 3.05) is 5.32 Å².